The summed E-state index contributed by atoms with van der Waals surface area (Å²) in [5.74, 6) is -2.17. The van der Waals surface area contributed by atoms with Crippen LogP contribution in [0, 0.1) is 0 Å². The molecule has 5 heteroatoms. The minimum Gasteiger partial charge on any atom is -0.550 e. The molecule has 9 heavy (non-hydrogen) atoms. The monoisotopic (exact) mass is 185 g/mol. The molecule has 0 aromatic heterocycles. The Morgan fingerprint density at radius 1 is 1.00 bits per heavy atom. The Labute approximate surface area is 63.3 Å². The minimum atomic E-state index is -1.08. The van der Waals surface area contributed by atoms with Gasteiger partial charge >= 0.3 is 17.1 Å². The van der Waals surface area contributed by atoms with E-state index in [9.17, 15) is 0 Å². The summed E-state index contributed by atoms with van der Waals surface area (Å²) in [7, 11) is 0. The van der Waals surface area contributed by atoms with E-state index in [1.807, 2.05) is 0 Å². The van der Waals surface area contributed by atoms with Crippen molar-refractivity contribution >= 4 is 11.9 Å². The average molecular weight is 185 g/mol. The number of carbonyl (C=O) groups is 2. The summed E-state index contributed by atoms with van der Waals surface area (Å²) in [4.78, 5) is 17.8. The Morgan fingerprint density at radius 3 is 1.00 bits per heavy atom. The molecule has 0 unspecified atom stereocenters. The van der Waals surface area contributed by atoms with Crippen LogP contribution in [0.4, 0.5) is 0 Å². The maximum absolute atomic E-state index is 8.89. The first-order valence-corrected chi connectivity index (χ1v) is 1.82. The summed E-state index contributed by atoms with van der Waals surface area (Å²) in [5.41, 5.74) is 0. The van der Waals surface area contributed by atoms with Crippen LogP contribution in [0.5, 0.6) is 0 Å². The van der Waals surface area contributed by atoms with Gasteiger partial charge in [-0.05, 0) is 13.8 Å². The first-order chi connectivity index (χ1) is 3.46. The quantitative estimate of drug-likeness (QED) is 0.391. The molecule has 4 nitrogen and oxygen atoms in total. The fourth-order valence-electron chi connectivity index (χ4n) is 0. The van der Waals surface area contributed by atoms with E-state index >= 15 is 0 Å². The van der Waals surface area contributed by atoms with E-state index in [-0.39, 0.29) is 17.1 Å². The van der Waals surface area contributed by atoms with Crippen molar-refractivity contribution in [2.75, 3.05) is 0 Å². The fraction of sp³-hybridized carbons (Fsp3) is 0.500. The summed E-state index contributed by atoms with van der Waals surface area (Å²) >= 11 is 0. The third-order valence-corrected chi connectivity index (χ3v) is 0. The number of rotatable bonds is 0. The van der Waals surface area contributed by atoms with Crippen LogP contribution in [0.2, 0.25) is 0 Å². The van der Waals surface area contributed by atoms with E-state index in [4.69, 9.17) is 19.8 Å². The Kier molecular flexibility index (Phi) is 18.3. The zero-order chi connectivity index (χ0) is 7.15. The van der Waals surface area contributed by atoms with Gasteiger partial charge in [0.05, 0.1) is 0 Å². The van der Waals surface area contributed by atoms with Gasteiger partial charge in [-0.15, -0.1) is 0 Å². The number of carboxylic acids is 2. The Hall–Kier alpha value is -0.541. The van der Waals surface area contributed by atoms with Crippen molar-refractivity contribution in [2.45, 2.75) is 13.8 Å². The van der Waals surface area contributed by atoms with E-state index in [1.165, 1.54) is 0 Å². The van der Waals surface area contributed by atoms with E-state index in [2.05, 4.69) is 0 Å². The van der Waals surface area contributed by atoms with Crippen molar-refractivity contribution in [2.24, 2.45) is 0 Å². The van der Waals surface area contributed by atoms with E-state index in [0.717, 1.165) is 13.8 Å². The van der Waals surface area contributed by atoms with Crippen LogP contribution in [-0.2, 0) is 26.7 Å². The smallest absolute Gasteiger partial charge is 0.550 e. The molecular weight excluding hydrogens is 179 g/mol. The Balaban J connectivity index is -0.0000000720. The van der Waals surface area contributed by atoms with Gasteiger partial charge in [0.25, 0.3) is 0 Å². The van der Waals surface area contributed by atoms with Gasteiger partial charge in [0.2, 0.25) is 0 Å². The average Bonchev–Trinajstić information content (AvgIpc) is 1.25. The molecule has 0 saturated heterocycles. The third kappa shape index (κ3) is 761. The zero-order valence-corrected chi connectivity index (χ0v) is 5.88. The molecule has 57 valence electrons. The SMILES string of the molecule is CC(=O)[O-].CC(=O)[O-].[67Cu+2]. The van der Waals surface area contributed by atoms with Gasteiger partial charge in [-0.3, -0.25) is 0 Å². The van der Waals surface area contributed by atoms with Crippen molar-refractivity contribution in [3.05, 3.63) is 0 Å². The van der Waals surface area contributed by atoms with E-state index < -0.39 is 11.9 Å². The topological polar surface area (TPSA) is 80.3 Å². The van der Waals surface area contributed by atoms with Gasteiger partial charge in [0.15, 0.2) is 0 Å². The molecular formula is C4H6CuO4. The molecule has 0 rings (SSSR count). The summed E-state index contributed by atoms with van der Waals surface area (Å²) in [5, 5.41) is 17.8. The van der Waals surface area contributed by atoms with Gasteiger partial charge in [0, 0.05) is 11.9 Å². The molecule has 0 bridgehead atoms. The van der Waals surface area contributed by atoms with Crippen molar-refractivity contribution < 1.29 is 36.9 Å². The van der Waals surface area contributed by atoms with E-state index in [1.54, 1.807) is 0 Å². The molecule has 0 amide bonds. The van der Waals surface area contributed by atoms with Gasteiger partial charge in [-0.25, -0.2) is 0 Å². The standard InChI is InChI=1S/2C2H4O2.Cu/c2*1-2(3)4;/h2*1H3,(H,3,4);/q;;+2/p-2/i;;1+3. The summed E-state index contributed by atoms with van der Waals surface area (Å²) < 4.78 is 0. The first-order valence-electron chi connectivity index (χ1n) is 1.82. The third-order valence-electron chi connectivity index (χ3n) is 0. The van der Waals surface area contributed by atoms with Gasteiger partial charge < -0.3 is 19.8 Å². The molecule has 0 aliphatic rings. The molecule has 0 spiro atoms. The maximum Gasteiger partial charge on any atom is 2.00 e. The predicted molar refractivity (Wildman–Crippen MR) is 21.4 cm³/mol. The molecule has 0 heterocycles. The molecule has 0 saturated carbocycles. The zero-order valence-electron chi connectivity index (χ0n) is 4.93. The van der Waals surface area contributed by atoms with Gasteiger partial charge in [-0.1, -0.05) is 0 Å². The second kappa shape index (κ2) is 10.4. The molecule has 0 aromatic rings. The molecule has 0 aliphatic carbocycles. The summed E-state index contributed by atoms with van der Waals surface area (Å²) in [6.07, 6.45) is 0. The predicted octanol–water partition coefficient (Wildman–Crippen LogP) is -2.49. The molecule has 0 aliphatic heterocycles. The van der Waals surface area contributed by atoms with Crippen molar-refractivity contribution in [3.8, 4) is 0 Å². The van der Waals surface area contributed by atoms with Crippen LogP contribution in [0.15, 0.2) is 0 Å². The molecule has 1 radical (unpaired) electrons. The fourth-order valence-corrected chi connectivity index (χ4v) is 0. The van der Waals surface area contributed by atoms with Crippen LogP contribution in [-0.4, -0.2) is 11.9 Å². The first kappa shape index (κ1) is 15.8. The minimum absolute atomic E-state index is 0. The maximum atomic E-state index is 8.89. The van der Waals surface area contributed by atoms with Crippen LogP contribution < -0.4 is 10.2 Å². The van der Waals surface area contributed by atoms with Crippen LogP contribution >= 0.6 is 0 Å². The van der Waals surface area contributed by atoms with Gasteiger partial charge in [0.1, 0.15) is 0 Å². The van der Waals surface area contributed by atoms with Crippen molar-refractivity contribution in [1.29, 1.82) is 0 Å². The number of hydrogen-bond acceptors (Lipinski definition) is 4. The second-order valence-corrected chi connectivity index (χ2v) is 0.983. The normalized spacial score (nSPS) is 5.56. The van der Waals surface area contributed by atoms with Crippen molar-refractivity contribution in [3.63, 3.8) is 0 Å². The number of aliphatic carboxylic acids is 2. The molecule has 0 aromatic carbocycles. The summed E-state index contributed by atoms with van der Waals surface area (Å²) in [6.45, 7) is 1.94. The van der Waals surface area contributed by atoms with Crippen LogP contribution in [0.1, 0.15) is 13.8 Å². The van der Waals surface area contributed by atoms with Gasteiger partial charge in [-0.2, -0.15) is 0 Å². The number of carboxylic acid groups (broad SMARTS) is 2. The van der Waals surface area contributed by atoms with Crippen LogP contribution in [0.25, 0.3) is 0 Å². The van der Waals surface area contributed by atoms with E-state index in [0.29, 0.717) is 0 Å². The Bertz CT molecular complexity index is 70.6. The summed E-state index contributed by atoms with van der Waals surface area (Å²) in [6, 6.07) is 0. The van der Waals surface area contributed by atoms with Crippen molar-refractivity contribution in [1.82, 2.24) is 0 Å². The largest absolute Gasteiger partial charge is 2.00 e. The second-order valence-electron chi connectivity index (χ2n) is 0.983. The Morgan fingerprint density at radius 2 is 1.00 bits per heavy atom. The molecule has 0 fully saturated rings. The molecule has 0 atom stereocenters. The number of hydrogen-bond donors (Lipinski definition) is 0. The molecule has 0 N–H and O–H groups in total. The van der Waals surface area contributed by atoms with Crippen LogP contribution in [0.3, 0.4) is 0 Å². The number of carbonyl (C=O) groups excluding carboxylic acids is 2.